The quantitative estimate of drug-likeness (QED) is 0.154. The number of hydrogen-bond donors (Lipinski definition) is 0. The summed E-state index contributed by atoms with van der Waals surface area (Å²) >= 11 is 0. The van der Waals surface area contributed by atoms with Crippen LogP contribution in [0.1, 0.15) is 0 Å². The Morgan fingerprint density at radius 3 is 1.16 bits per heavy atom. The first-order chi connectivity index (χ1) is 30.2. The molecule has 0 fully saturated rings. The van der Waals surface area contributed by atoms with E-state index in [2.05, 4.69) is 229 Å². The maximum absolute atomic E-state index is 5.45. The molecule has 0 radical (unpaired) electrons. The average molecular weight is 779 g/mol. The van der Waals surface area contributed by atoms with Crippen LogP contribution < -0.4 is 0 Å². The van der Waals surface area contributed by atoms with Crippen LogP contribution in [0, 0.1) is 0 Å². The van der Waals surface area contributed by atoms with Crippen molar-refractivity contribution >= 4 is 21.8 Å². The highest BCUT2D eigenvalue weighted by Crippen LogP contribution is 2.39. The normalized spacial score (nSPS) is 11.3. The maximum Gasteiger partial charge on any atom is 0.166 e. The molecule has 0 saturated carbocycles. The van der Waals surface area contributed by atoms with E-state index >= 15 is 0 Å². The predicted molar refractivity (Wildman–Crippen MR) is 252 cm³/mol. The Balaban J connectivity index is 1.19. The number of para-hydroxylation sites is 2. The number of aromatic nitrogens is 4. The zero-order valence-corrected chi connectivity index (χ0v) is 33.2. The van der Waals surface area contributed by atoms with Gasteiger partial charge in [-0.1, -0.05) is 182 Å². The topological polar surface area (TPSA) is 43.6 Å². The number of nitrogens with zero attached hydrogens (tertiary/aromatic N) is 4. The van der Waals surface area contributed by atoms with Crippen LogP contribution in [0.4, 0.5) is 0 Å². The Kier molecular flexibility index (Phi) is 9.14. The van der Waals surface area contributed by atoms with Crippen LogP contribution in [0.25, 0.3) is 106 Å². The van der Waals surface area contributed by atoms with Gasteiger partial charge >= 0.3 is 0 Å². The number of hydrogen-bond acceptors (Lipinski definition) is 3. The van der Waals surface area contributed by atoms with Gasteiger partial charge in [-0.25, -0.2) is 15.0 Å². The van der Waals surface area contributed by atoms with Gasteiger partial charge in [-0.3, -0.25) is 0 Å². The third kappa shape index (κ3) is 6.86. The third-order valence-corrected chi connectivity index (χ3v) is 11.4. The first-order valence-electron chi connectivity index (χ1n) is 20.6. The first kappa shape index (κ1) is 35.9. The van der Waals surface area contributed by atoms with Crippen molar-refractivity contribution in [2.24, 2.45) is 0 Å². The minimum atomic E-state index is 0.591. The molecular formula is C57H38N4. The van der Waals surface area contributed by atoms with Gasteiger partial charge < -0.3 is 4.57 Å². The van der Waals surface area contributed by atoms with Crippen molar-refractivity contribution in [1.82, 2.24) is 19.5 Å². The second-order valence-electron chi connectivity index (χ2n) is 15.3. The molecule has 0 unspecified atom stereocenters. The van der Waals surface area contributed by atoms with Gasteiger partial charge in [0.1, 0.15) is 0 Å². The number of fused-ring (bicyclic) bond motifs is 3. The van der Waals surface area contributed by atoms with Crippen LogP contribution in [-0.4, -0.2) is 19.5 Å². The molecule has 0 aliphatic carbocycles. The van der Waals surface area contributed by atoms with Crippen LogP contribution in [0.2, 0.25) is 0 Å². The second kappa shape index (κ2) is 15.5. The van der Waals surface area contributed by atoms with Gasteiger partial charge in [0.25, 0.3) is 0 Å². The fourth-order valence-electron chi connectivity index (χ4n) is 8.47. The molecule has 0 aliphatic heterocycles. The number of benzene rings is 9. The van der Waals surface area contributed by atoms with E-state index in [4.69, 9.17) is 15.0 Å². The molecule has 286 valence electrons. The molecule has 0 aliphatic rings. The first-order valence-corrected chi connectivity index (χ1v) is 20.6. The van der Waals surface area contributed by atoms with E-state index in [1.165, 1.54) is 10.8 Å². The lowest BCUT2D eigenvalue weighted by Crippen LogP contribution is -2.04. The van der Waals surface area contributed by atoms with Crippen molar-refractivity contribution in [3.05, 3.63) is 231 Å². The Labute approximate surface area is 354 Å². The summed E-state index contributed by atoms with van der Waals surface area (Å²) in [5.74, 6) is 1.79. The molecule has 61 heavy (non-hydrogen) atoms. The lowest BCUT2D eigenvalue weighted by atomic mass is 9.95. The van der Waals surface area contributed by atoms with Crippen molar-refractivity contribution < 1.29 is 0 Å². The highest BCUT2D eigenvalue weighted by Gasteiger charge is 2.21. The van der Waals surface area contributed by atoms with Crippen LogP contribution in [-0.2, 0) is 0 Å². The highest BCUT2D eigenvalue weighted by atomic mass is 15.1. The molecule has 2 heterocycles. The maximum atomic E-state index is 5.45. The zero-order valence-electron chi connectivity index (χ0n) is 33.2. The molecule has 0 saturated heterocycles. The fourth-order valence-corrected chi connectivity index (χ4v) is 8.47. The minimum Gasteiger partial charge on any atom is -0.308 e. The van der Waals surface area contributed by atoms with Crippen LogP contribution in [0.15, 0.2) is 231 Å². The summed E-state index contributed by atoms with van der Waals surface area (Å²) in [5.41, 5.74) is 14.8. The van der Waals surface area contributed by atoms with Gasteiger partial charge in [0.05, 0.1) is 16.7 Å². The van der Waals surface area contributed by atoms with Crippen molar-refractivity contribution in [1.29, 1.82) is 0 Å². The predicted octanol–water partition coefficient (Wildman–Crippen LogP) is 14.6. The minimum absolute atomic E-state index is 0.591. The zero-order chi connectivity index (χ0) is 40.5. The molecule has 9 aromatic carbocycles. The summed E-state index contributed by atoms with van der Waals surface area (Å²) < 4.78 is 2.37. The summed E-state index contributed by atoms with van der Waals surface area (Å²) in [6.07, 6.45) is 0. The van der Waals surface area contributed by atoms with Crippen LogP contribution in [0.3, 0.4) is 0 Å². The summed E-state index contributed by atoms with van der Waals surface area (Å²) in [7, 11) is 0. The summed E-state index contributed by atoms with van der Waals surface area (Å²) in [6, 6.07) is 81.1. The van der Waals surface area contributed by atoms with Crippen LogP contribution in [0.5, 0.6) is 0 Å². The molecule has 11 aromatic rings. The van der Waals surface area contributed by atoms with Crippen molar-refractivity contribution in [2.75, 3.05) is 0 Å². The lowest BCUT2D eigenvalue weighted by molar-refractivity contribution is 1.06. The third-order valence-electron chi connectivity index (χ3n) is 11.4. The van der Waals surface area contributed by atoms with Crippen molar-refractivity contribution in [3.63, 3.8) is 0 Å². The van der Waals surface area contributed by atoms with E-state index in [0.717, 1.165) is 77.9 Å². The second-order valence-corrected chi connectivity index (χ2v) is 15.3. The van der Waals surface area contributed by atoms with E-state index in [1.807, 2.05) is 6.07 Å². The highest BCUT2D eigenvalue weighted by molar-refractivity contribution is 6.09. The number of rotatable bonds is 8. The van der Waals surface area contributed by atoms with Crippen molar-refractivity contribution in [3.8, 4) is 84.4 Å². The average Bonchev–Trinajstić information content (AvgIpc) is 3.69. The Morgan fingerprint density at radius 1 is 0.246 bits per heavy atom. The van der Waals surface area contributed by atoms with Gasteiger partial charge in [-0.15, -0.1) is 0 Å². The molecule has 4 heteroatoms. The van der Waals surface area contributed by atoms with E-state index < -0.39 is 0 Å². The Bertz CT molecular complexity index is 3230. The SMILES string of the molecule is c1ccc(-c2cccc(-c3nc(-c4cc(-c5ccccc5)cc(-c5ccccc5)c4)nc(-c4ccc(-c5ccccc5)cc4-n4c5ccccc5c5ccccc54)n3)c2)cc1. The lowest BCUT2D eigenvalue weighted by Gasteiger charge is -2.17. The van der Waals surface area contributed by atoms with Gasteiger partial charge in [0, 0.05) is 27.5 Å². The fraction of sp³-hybridized carbons (Fsp3) is 0. The molecule has 0 bridgehead atoms. The van der Waals surface area contributed by atoms with Crippen LogP contribution >= 0.6 is 0 Å². The van der Waals surface area contributed by atoms with Gasteiger partial charge in [-0.05, 0) is 93.0 Å². The van der Waals surface area contributed by atoms with Gasteiger partial charge in [-0.2, -0.15) is 0 Å². The van der Waals surface area contributed by atoms with E-state index in [0.29, 0.717) is 17.5 Å². The molecule has 2 aromatic heterocycles. The molecule has 0 amide bonds. The molecular weight excluding hydrogens is 741 g/mol. The molecule has 11 rings (SSSR count). The van der Waals surface area contributed by atoms with E-state index in [-0.39, 0.29) is 0 Å². The van der Waals surface area contributed by atoms with Gasteiger partial charge in [0.15, 0.2) is 17.5 Å². The molecule has 0 spiro atoms. The monoisotopic (exact) mass is 778 g/mol. The van der Waals surface area contributed by atoms with E-state index in [9.17, 15) is 0 Å². The smallest absolute Gasteiger partial charge is 0.166 e. The largest absolute Gasteiger partial charge is 0.308 e. The Hall–Kier alpha value is -8.21. The molecule has 4 nitrogen and oxygen atoms in total. The molecule has 0 N–H and O–H groups in total. The van der Waals surface area contributed by atoms with Gasteiger partial charge in [0.2, 0.25) is 0 Å². The standard InChI is InChI=1S/C57H38N4/c1-5-18-39(19-6-1)43-26-17-27-45(34-43)55-58-56(48-36-46(41-22-9-3-10-23-41)35-47(37-48)42-24-11-4-12-25-42)60-57(59-55)51-33-32-44(40-20-7-2-8-21-40)38-54(51)61-52-30-15-13-28-49(52)50-29-14-16-31-53(50)61/h1-38H. The van der Waals surface area contributed by atoms with Crippen molar-refractivity contribution in [2.45, 2.75) is 0 Å². The summed E-state index contributed by atoms with van der Waals surface area (Å²) in [4.78, 5) is 16.2. The Morgan fingerprint density at radius 2 is 0.623 bits per heavy atom. The summed E-state index contributed by atoms with van der Waals surface area (Å²) in [5, 5.41) is 2.38. The van der Waals surface area contributed by atoms with E-state index in [1.54, 1.807) is 0 Å². The molecule has 0 atom stereocenters. The summed E-state index contributed by atoms with van der Waals surface area (Å²) in [6.45, 7) is 0.